The average molecular weight is 1130 g/mol. The van der Waals surface area contributed by atoms with E-state index in [1.54, 1.807) is 30.3 Å². The van der Waals surface area contributed by atoms with Crippen molar-refractivity contribution in [3.63, 3.8) is 0 Å². The first-order valence-corrected chi connectivity index (χ1v) is 26.0. The fourth-order valence-electron chi connectivity index (χ4n) is 6.91. The third-order valence-electron chi connectivity index (χ3n) is 10.8. The summed E-state index contributed by atoms with van der Waals surface area (Å²) in [5.41, 5.74) is 0.468. The molecule has 8 atom stereocenters. The van der Waals surface area contributed by atoms with E-state index in [-0.39, 0.29) is 30.4 Å². The van der Waals surface area contributed by atoms with Crippen molar-refractivity contribution in [1.29, 1.82) is 0 Å². The van der Waals surface area contributed by atoms with Crippen LogP contribution in [0.2, 0.25) is 0 Å². The summed E-state index contributed by atoms with van der Waals surface area (Å²) in [6.07, 6.45) is -6.16. The monoisotopic (exact) mass is 1130 g/mol. The van der Waals surface area contributed by atoms with Gasteiger partial charge in [0.2, 0.25) is 29.5 Å². The Balaban J connectivity index is 2.01. The lowest BCUT2D eigenvalue weighted by molar-refractivity contribution is -0.145. The number of aliphatic carboxylic acids is 6. The summed E-state index contributed by atoms with van der Waals surface area (Å²) in [4.78, 5) is 162. The molecule has 0 aromatic heterocycles. The Bertz CT molecular complexity index is 2280. The number of nitrogens with zero attached hydrogens (tertiary/aromatic N) is 1. The van der Waals surface area contributed by atoms with Crippen molar-refractivity contribution < 1.29 is 102 Å². The van der Waals surface area contributed by atoms with Crippen LogP contribution in [0.1, 0.15) is 70.3 Å². The number of amides is 6. The number of carbonyl (C=O) groups is 13. The molecule has 1 aliphatic heterocycles. The molecule has 1 heterocycles. The summed E-state index contributed by atoms with van der Waals surface area (Å²) in [6, 6.07) is -2.56. The molecule has 3 unspecified atom stereocenters. The first-order chi connectivity index (χ1) is 35.8. The molecule has 76 heavy (non-hydrogen) atoms. The standard InChI is InChI=1S/C44H60N8O21S3/c1-22(38(62)52-16-6-9-30(52)37(61)45-2)73-44(71)72-17-18-75-76-21-29(42(69)70)49-35(59)27(19-23-7-4-3-5-8-23)48-36(60)28(20-34(57)58)47-32(54)13-10-24(39(63)64)46-31(53)14-11-25(40(65)66)50-43(74)51-26(41(67)68)12-15-33(55)56/h3-5,7-8,22,24-30H,6,9-21H2,1-2H3,(H,45,61)(H,46,53)(H,47,54)(H,48,60)(H,49,59)(H,55,56)(H,57,58)(H,63,64)(H,65,66)(H,67,68)(H,69,70)(H2,50,51,74)/t22-,24+,25+,26?,27?,28+,29+,30?/m1/s1. The summed E-state index contributed by atoms with van der Waals surface area (Å²) in [5.74, 6) is -14.4. The Kier molecular flexibility index (Phi) is 28.4. The summed E-state index contributed by atoms with van der Waals surface area (Å²) in [6.45, 7) is 1.41. The fraction of sp³-hybridized carbons (Fsp3) is 0.545. The topological polar surface area (TPSA) is 449 Å². The molecule has 2 rings (SSSR count). The lowest BCUT2D eigenvalue weighted by atomic mass is 10.0. The zero-order valence-electron chi connectivity index (χ0n) is 40.9. The Morgan fingerprint density at radius 3 is 1.70 bits per heavy atom. The van der Waals surface area contributed by atoms with Gasteiger partial charge in [-0.15, -0.1) is 0 Å². The van der Waals surface area contributed by atoms with Crippen LogP contribution in [-0.2, 0) is 73.4 Å². The second-order valence-corrected chi connectivity index (χ2v) is 19.5. The minimum Gasteiger partial charge on any atom is -0.481 e. The molecule has 1 aromatic rings. The number of carbonyl (C=O) groups excluding carboxylic acids is 7. The van der Waals surface area contributed by atoms with Crippen molar-refractivity contribution in [3.8, 4) is 0 Å². The molecule has 0 radical (unpaired) electrons. The van der Waals surface area contributed by atoms with Crippen molar-refractivity contribution in [2.24, 2.45) is 0 Å². The minimum absolute atomic E-state index is 0.102. The van der Waals surface area contributed by atoms with Gasteiger partial charge in [-0.25, -0.2) is 24.0 Å². The lowest BCUT2D eigenvalue weighted by Gasteiger charge is -2.25. The van der Waals surface area contributed by atoms with Crippen LogP contribution in [0.3, 0.4) is 0 Å². The Hall–Kier alpha value is -7.48. The Morgan fingerprint density at radius 2 is 1.17 bits per heavy atom. The van der Waals surface area contributed by atoms with Crippen molar-refractivity contribution >= 4 is 116 Å². The molecule has 6 amide bonds. The smallest absolute Gasteiger partial charge is 0.481 e. The van der Waals surface area contributed by atoms with E-state index in [9.17, 15) is 87.9 Å². The van der Waals surface area contributed by atoms with E-state index in [2.05, 4.69) is 37.2 Å². The predicted molar refractivity (Wildman–Crippen MR) is 268 cm³/mol. The molecule has 0 saturated carbocycles. The van der Waals surface area contributed by atoms with Crippen molar-refractivity contribution in [2.75, 3.05) is 31.7 Å². The van der Waals surface area contributed by atoms with E-state index in [4.69, 9.17) is 26.8 Å². The zero-order chi connectivity index (χ0) is 57.1. The van der Waals surface area contributed by atoms with Crippen LogP contribution < -0.4 is 37.2 Å². The number of carboxylic acids is 6. The van der Waals surface area contributed by atoms with Gasteiger partial charge < -0.3 is 82.2 Å². The number of hydrogen-bond donors (Lipinski definition) is 13. The number of benzene rings is 1. The number of carboxylic acid groups (broad SMARTS) is 6. The molecule has 0 aliphatic carbocycles. The fourth-order valence-corrected chi connectivity index (χ4v) is 9.18. The lowest BCUT2D eigenvalue weighted by Crippen LogP contribution is -2.57. The normalized spacial score (nSPS) is 15.5. The Morgan fingerprint density at radius 1 is 0.658 bits per heavy atom. The summed E-state index contributed by atoms with van der Waals surface area (Å²) >= 11 is 4.94. The molecule has 1 aliphatic rings. The second-order valence-electron chi connectivity index (χ2n) is 16.5. The van der Waals surface area contributed by atoms with Gasteiger partial charge in [-0.05, 0) is 56.8 Å². The maximum Gasteiger partial charge on any atom is 0.509 e. The van der Waals surface area contributed by atoms with Gasteiger partial charge in [0.25, 0.3) is 5.91 Å². The Labute approximate surface area is 446 Å². The molecule has 420 valence electrons. The van der Waals surface area contributed by atoms with Gasteiger partial charge in [0.15, 0.2) is 11.2 Å². The van der Waals surface area contributed by atoms with E-state index < -0.39 is 170 Å². The number of likely N-dealkylation sites (N-methyl/N-ethyl adjacent to an activating group) is 1. The molecule has 1 fully saturated rings. The number of ether oxygens (including phenoxy) is 2. The number of rotatable bonds is 34. The minimum atomic E-state index is -1.88. The van der Waals surface area contributed by atoms with Gasteiger partial charge in [-0.3, -0.25) is 38.4 Å². The van der Waals surface area contributed by atoms with Crippen LogP contribution in [0.15, 0.2) is 30.3 Å². The molecule has 0 bridgehead atoms. The summed E-state index contributed by atoms with van der Waals surface area (Å²) in [7, 11) is 3.46. The SMILES string of the molecule is CNC(=O)C1CCCN1C(=O)[C@@H](C)OC(=O)OCCSSC[C@H](NC(=O)C(Cc1ccccc1)NC(=O)[C@H](CC(=O)O)NC(=O)CC[C@H](NC(=O)CC[C@H](NC(=S)NC(CCC(=O)O)C(=O)O)C(=O)O)C(=O)O)C(=O)O. The van der Waals surface area contributed by atoms with E-state index in [1.165, 1.54) is 18.9 Å². The van der Waals surface area contributed by atoms with Crippen LogP contribution in [-0.4, -0.2) is 198 Å². The van der Waals surface area contributed by atoms with Crippen molar-refractivity contribution in [3.05, 3.63) is 35.9 Å². The van der Waals surface area contributed by atoms with Crippen LogP contribution in [0.4, 0.5) is 4.79 Å². The third-order valence-corrected chi connectivity index (χ3v) is 13.4. The number of thiocarbonyl (C=S) groups is 1. The zero-order valence-corrected chi connectivity index (χ0v) is 43.3. The van der Waals surface area contributed by atoms with Gasteiger partial charge >= 0.3 is 42.0 Å². The first kappa shape index (κ1) is 64.6. The quantitative estimate of drug-likeness (QED) is 0.0158. The summed E-state index contributed by atoms with van der Waals surface area (Å²) < 4.78 is 10.1. The highest BCUT2D eigenvalue weighted by molar-refractivity contribution is 8.76. The molecular weight excluding hydrogens is 1070 g/mol. The van der Waals surface area contributed by atoms with Crippen molar-refractivity contribution in [1.82, 2.24) is 42.1 Å². The van der Waals surface area contributed by atoms with Gasteiger partial charge in [0.05, 0.1) is 6.42 Å². The van der Waals surface area contributed by atoms with E-state index in [0.29, 0.717) is 24.9 Å². The van der Waals surface area contributed by atoms with E-state index in [1.807, 2.05) is 0 Å². The van der Waals surface area contributed by atoms with E-state index >= 15 is 0 Å². The highest BCUT2D eigenvalue weighted by atomic mass is 33.1. The number of likely N-dealkylation sites (tertiary alicyclic amines) is 1. The predicted octanol–water partition coefficient (Wildman–Crippen LogP) is -1.73. The molecule has 29 nitrogen and oxygen atoms in total. The highest BCUT2D eigenvalue weighted by Gasteiger charge is 2.37. The van der Waals surface area contributed by atoms with Crippen LogP contribution in [0, 0.1) is 0 Å². The van der Waals surface area contributed by atoms with Crippen molar-refractivity contribution in [2.45, 2.75) is 120 Å². The van der Waals surface area contributed by atoms with Crippen LogP contribution in [0.25, 0.3) is 0 Å². The van der Waals surface area contributed by atoms with Crippen LogP contribution >= 0.6 is 33.8 Å². The van der Waals surface area contributed by atoms with Gasteiger partial charge in [0.1, 0.15) is 48.9 Å². The van der Waals surface area contributed by atoms with Gasteiger partial charge in [0, 0.05) is 50.8 Å². The molecule has 32 heteroatoms. The second kappa shape index (κ2) is 33.4. The number of nitrogens with one attached hydrogen (secondary N) is 7. The maximum absolute atomic E-state index is 13.7. The molecular formula is C44H60N8O21S3. The number of hydrogen-bond acceptors (Lipinski definition) is 18. The maximum atomic E-state index is 13.7. The van der Waals surface area contributed by atoms with Gasteiger partial charge in [-0.2, -0.15) is 0 Å². The molecule has 0 spiro atoms. The van der Waals surface area contributed by atoms with Crippen LogP contribution in [0.5, 0.6) is 0 Å². The summed E-state index contributed by atoms with van der Waals surface area (Å²) in [5, 5.41) is 72.5. The molecule has 13 N–H and O–H groups in total. The largest absolute Gasteiger partial charge is 0.509 e. The molecule has 1 saturated heterocycles. The first-order valence-electron chi connectivity index (χ1n) is 23.1. The third kappa shape index (κ3) is 24.2. The highest BCUT2D eigenvalue weighted by Crippen LogP contribution is 2.23. The van der Waals surface area contributed by atoms with E-state index in [0.717, 1.165) is 21.6 Å². The van der Waals surface area contributed by atoms with Gasteiger partial charge in [-0.1, -0.05) is 51.9 Å². The molecule has 1 aromatic carbocycles. The average Bonchev–Trinajstić information content (AvgIpc) is 3.85.